The Kier molecular flexibility index (Phi) is 13.2. The van der Waals surface area contributed by atoms with Crippen LogP contribution in [-0.4, -0.2) is 17.5 Å². The smallest absolute Gasteiger partial charge is 0.385 e. The van der Waals surface area contributed by atoms with Gasteiger partial charge >= 0.3 is 40.0 Å². The second kappa shape index (κ2) is 7.76. The molecule has 9 heteroatoms. The molecule has 0 radical (unpaired) electrons. The molecule has 0 bridgehead atoms. The molecule has 0 heterocycles. The second-order valence-electron chi connectivity index (χ2n) is 0.662. The van der Waals surface area contributed by atoms with E-state index >= 15 is 0 Å². The first-order valence-corrected chi connectivity index (χ1v) is 2.66. The average Bonchev–Trinajstić information content (AvgIpc) is 1.19. The van der Waals surface area contributed by atoms with Crippen LogP contribution in [0.15, 0.2) is 0 Å². The van der Waals surface area contributed by atoms with Crippen molar-refractivity contribution in [3.63, 3.8) is 0 Å². The average molecular weight is 190 g/mol. The minimum absolute atomic E-state index is 0. The van der Waals surface area contributed by atoms with Gasteiger partial charge in [-0.1, -0.05) is 0 Å². The third kappa shape index (κ3) is 1170. The Balaban J connectivity index is -0.0000000910. The van der Waals surface area contributed by atoms with Gasteiger partial charge < -0.3 is 13.2 Å². The van der Waals surface area contributed by atoms with Crippen LogP contribution in [0.4, 0.5) is 13.2 Å². The van der Waals surface area contributed by atoms with E-state index in [9.17, 15) is 13.2 Å². The molecule has 0 aromatic rings. The van der Waals surface area contributed by atoms with E-state index in [1.54, 1.807) is 0 Å². The van der Waals surface area contributed by atoms with Crippen molar-refractivity contribution in [3.05, 3.63) is 6.68 Å². The van der Waals surface area contributed by atoms with Crippen molar-refractivity contribution in [2.75, 3.05) is 0 Å². The molecule has 0 unspecified atom stereocenters. The molecule has 0 saturated heterocycles. The topological polar surface area (TPSA) is 74.6 Å². The summed E-state index contributed by atoms with van der Waals surface area (Å²) >= 11 is 0. The summed E-state index contributed by atoms with van der Waals surface area (Å²) in [6.07, 6.45) is 0. The Hall–Kier alpha value is 0.660. The maximum absolute atomic E-state index is 9.58. The zero-order valence-electron chi connectivity index (χ0n) is 4.75. The molecular weight excluding hydrogens is 188 g/mol. The van der Waals surface area contributed by atoms with E-state index in [-0.39, 0.29) is 29.6 Å². The van der Waals surface area contributed by atoms with Gasteiger partial charge in [-0.3, -0.25) is 9.11 Å². The van der Waals surface area contributed by atoms with Crippen LogP contribution in [0.25, 0.3) is 0 Å². The van der Waals surface area contributed by atoms with Gasteiger partial charge in [0.15, 0.2) is 6.68 Å². The number of hydrogen-bond acceptors (Lipinski definition) is 2. The monoisotopic (exact) mass is 190 g/mol. The maximum Gasteiger partial charge on any atom is 1.00 e. The summed E-state index contributed by atoms with van der Waals surface area (Å²) in [5.74, 6) is 0. The first kappa shape index (κ1) is 17.0. The Labute approximate surface area is 77.3 Å². The van der Waals surface area contributed by atoms with E-state index < -0.39 is 17.1 Å². The van der Waals surface area contributed by atoms with Crippen LogP contribution >= 0.6 is 0 Å². The van der Waals surface area contributed by atoms with Crippen molar-refractivity contribution in [1.29, 1.82) is 0 Å². The molecule has 4 nitrogen and oxygen atoms in total. The normalized spacial score (nSPS) is 9.40. The molecule has 0 rings (SSSR count). The SMILES string of the molecule is F[C-](F)F.O=S(=O)(O)O.[Na+]. The molecule has 0 aliphatic rings. The van der Waals surface area contributed by atoms with Crippen LogP contribution in [0.1, 0.15) is 0 Å². The summed E-state index contributed by atoms with van der Waals surface area (Å²) in [6, 6.07) is 0. The molecule has 0 aromatic carbocycles. The molecule has 2 N–H and O–H groups in total. The number of halogens is 3. The minimum Gasteiger partial charge on any atom is -0.385 e. The number of hydrogen-bond donors (Lipinski definition) is 2. The zero-order chi connectivity index (χ0) is 8.08. The molecule has 10 heavy (non-hydrogen) atoms. The van der Waals surface area contributed by atoms with Crippen LogP contribution < -0.4 is 29.6 Å². The van der Waals surface area contributed by atoms with Crippen molar-refractivity contribution in [2.24, 2.45) is 0 Å². The predicted octanol–water partition coefficient (Wildman–Crippen LogP) is -2.31. The molecule has 0 atom stereocenters. The molecule has 0 fully saturated rings. The van der Waals surface area contributed by atoms with Gasteiger partial charge in [-0.15, -0.1) is 0 Å². The summed E-state index contributed by atoms with van der Waals surface area (Å²) < 4.78 is 60.3. The molecule has 0 amide bonds. The Morgan fingerprint density at radius 2 is 1.10 bits per heavy atom. The number of rotatable bonds is 0. The van der Waals surface area contributed by atoms with Gasteiger partial charge in [0.2, 0.25) is 0 Å². The van der Waals surface area contributed by atoms with E-state index in [0.29, 0.717) is 0 Å². The first-order chi connectivity index (χ1) is 3.73. The van der Waals surface area contributed by atoms with Crippen LogP contribution in [0.3, 0.4) is 0 Å². The fourth-order valence-corrected chi connectivity index (χ4v) is 0. The first-order valence-electron chi connectivity index (χ1n) is 1.27. The standard InChI is InChI=1S/CF3.Na.H2O4S/c2-1(3)4;;1-5(2,3)4/h;;(H2,1,2,3,4)/q-1;+1;. The van der Waals surface area contributed by atoms with Gasteiger partial charge in [0.05, 0.1) is 0 Å². The molecule has 0 aromatic heterocycles. The predicted molar refractivity (Wildman–Crippen MR) is 20.7 cm³/mol. The van der Waals surface area contributed by atoms with Crippen LogP contribution in [0, 0.1) is 6.68 Å². The summed E-state index contributed by atoms with van der Waals surface area (Å²) in [4.78, 5) is 0. The third-order valence-corrected chi connectivity index (χ3v) is 0. The van der Waals surface area contributed by atoms with E-state index in [2.05, 4.69) is 0 Å². The van der Waals surface area contributed by atoms with E-state index in [1.165, 1.54) is 0 Å². The van der Waals surface area contributed by atoms with Crippen molar-refractivity contribution in [1.82, 2.24) is 0 Å². The maximum atomic E-state index is 9.58. The van der Waals surface area contributed by atoms with Crippen molar-refractivity contribution in [2.45, 2.75) is 0 Å². The van der Waals surface area contributed by atoms with Crippen molar-refractivity contribution < 1.29 is 60.3 Å². The van der Waals surface area contributed by atoms with Crippen LogP contribution in [0.2, 0.25) is 0 Å². The molecule has 0 aliphatic heterocycles. The summed E-state index contributed by atoms with van der Waals surface area (Å²) in [5, 5.41) is 0. The fraction of sp³-hybridized carbons (Fsp3) is 0. The van der Waals surface area contributed by atoms with Gasteiger partial charge in [-0.2, -0.15) is 8.42 Å². The van der Waals surface area contributed by atoms with Gasteiger partial charge in [0.25, 0.3) is 0 Å². The molecule has 58 valence electrons. The minimum atomic E-state index is -4.67. The summed E-state index contributed by atoms with van der Waals surface area (Å²) in [7, 11) is -4.67. The fourth-order valence-electron chi connectivity index (χ4n) is 0. The quantitative estimate of drug-likeness (QED) is 0.256. The summed E-state index contributed by atoms with van der Waals surface area (Å²) in [6.45, 7) is -3.08. The largest absolute Gasteiger partial charge is 1.00 e. The van der Waals surface area contributed by atoms with E-state index in [1.807, 2.05) is 0 Å². The van der Waals surface area contributed by atoms with E-state index in [4.69, 9.17) is 17.5 Å². The molecule has 0 spiro atoms. The van der Waals surface area contributed by atoms with Gasteiger partial charge in [-0.05, 0) is 0 Å². The van der Waals surface area contributed by atoms with Crippen molar-refractivity contribution in [3.8, 4) is 0 Å². The van der Waals surface area contributed by atoms with E-state index in [0.717, 1.165) is 0 Å². The van der Waals surface area contributed by atoms with Gasteiger partial charge in [-0.25, -0.2) is 0 Å². The Morgan fingerprint density at radius 1 is 1.10 bits per heavy atom. The molecular formula is CH2F3NaO4S. The van der Waals surface area contributed by atoms with Gasteiger partial charge in [0.1, 0.15) is 0 Å². The van der Waals surface area contributed by atoms with Crippen LogP contribution in [0.5, 0.6) is 0 Å². The van der Waals surface area contributed by atoms with Crippen molar-refractivity contribution >= 4 is 10.4 Å². The summed E-state index contributed by atoms with van der Waals surface area (Å²) in [5.41, 5.74) is 0. The second-order valence-corrected chi connectivity index (χ2v) is 1.56. The zero-order valence-corrected chi connectivity index (χ0v) is 7.57. The Morgan fingerprint density at radius 3 is 1.10 bits per heavy atom. The van der Waals surface area contributed by atoms with Crippen LogP contribution in [-0.2, 0) is 10.4 Å². The van der Waals surface area contributed by atoms with Gasteiger partial charge in [0, 0.05) is 0 Å². The Bertz CT molecular complexity index is 132. The molecule has 0 saturated carbocycles. The molecule has 0 aliphatic carbocycles. The third-order valence-electron chi connectivity index (χ3n) is 0.